The first-order chi connectivity index (χ1) is 12.4. The van der Waals surface area contributed by atoms with Gasteiger partial charge in [-0.3, -0.25) is 4.90 Å². The Kier molecular flexibility index (Phi) is 5.29. The Morgan fingerprint density at radius 1 is 1.19 bits per heavy atom. The van der Waals surface area contributed by atoms with E-state index in [0.717, 1.165) is 11.0 Å². The van der Waals surface area contributed by atoms with Crippen LogP contribution in [-0.2, 0) is 15.9 Å². The van der Waals surface area contributed by atoms with Crippen molar-refractivity contribution < 1.29 is 27.2 Å². The van der Waals surface area contributed by atoms with Crippen molar-refractivity contribution in [2.24, 2.45) is 5.92 Å². The van der Waals surface area contributed by atoms with Gasteiger partial charge in [-0.15, -0.1) is 0 Å². The van der Waals surface area contributed by atoms with E-state index in [1.807, 2.05) is 50.8 Å². The van der Waals surface area contributed by atoms with Crippen LogP contribution in [0, 0.1) is 5.92 Å². The molecule has 0 saturated carbocycles. The summed E-state index contributed by atoms with van der Waals surface area (Å²) in [5, 5.41) is 0. The molecule has 1 unspecified atom stereocenters. The second kappa shape index (κ2) is 6.97. The lowest BCUT2D eigenvalue weighted by atomic mass is 9.75. The van der Waals surface area contributed by atoms with Crippen molar-refractivity contribution >= 4 is 12.6 Å². The molecule has 1 aromatic rings. The number of ether oxygens (including phenoxy) is 1. The van der Waals surface area contributed by atoms with Crippen molar-refractivity contribution in [3.05, 3.63) is 23.8 Å². The van der Waals surface area contributed by atoms with Crippen LogP contribution in [0.2, 0.25) is 0 Å². The molecule has 0 spiro atoms. The fraction of sp³-hybridized carbons (Fsp3) is 0.684. The van der Waals surface area contributed by atoms with E-state index in [9.17, 15) is 13.2 Å². The molecule has 1 aromatic carbocycles. The summed E-state index contributed by atoms with van der Waals surface area (Å²) >= 11 is 0. The predicted molar refractivity (Wildman–Crippen MR) is 98.1 cm³/mol. The Hall–Kier alpha value is -1.25. The molecule has 4 nitrogen and oxygen atoms in total. The molecule has 1 atom stereocenters. The van der Waals surface area contributed by atoms with E-state index in [1.54, 1.807) is 7.11 Å². The molecule has 2 heterocycles. The predicted octanol–water partition coefficient (Wildman–Crippen LogP) is 3.38. The van der Waals surface area contributed by atoms with Crippen molar-refractivity contribution in [2.45, 2.75) is 58.0 Å². The van der Waals surface area contributed by atoms with Crippen LogP contribution in [0.5, 0.6) is 5.75 Å². The molecule has 0 N–H and O–H groups in total. The molecule has 0 aliphatic carbocycles. The monoisotopic (exact) mass is 385 g/mol. The summed E-state index contributed by atoms with van der Waals surface area (Å²) in [7, 11) is 1.01. The first kappa shape index (κ1) is 20.5. The van der Waals surface area contributed by atoms with Gasteiger partial charge in [0.2, 0.25) is 0 Å². The first-order valence-corrected chi connectivity index (χ1v) is 9.24. The number of likely N-dealkylation sites (tertiary alicyclic amines) is 1. The molecule has 2 aliphatic heterocycles. The lowest BCUT2D eigenvalue weighted by molar-refractivity contribution is -0.170. The van der Waals surface area contributed by atoms with Crippen molar-refractivity contribution in [1.29, 1.82) is 0 Å². The molecule has 2 fully saturated rings. The Morgan fingerprint density at radius 3 is 2.33 bits per heavy atom. The smallest absolute Gasteiger partial charge is 0.495 e. The molecule has 2 saturated heterocycles. The van der Waals surface area contributed by atoms with Gasteiger partial charge in [0.15, 0.2) is 0 Å². The molecule has 0 bridgehead atoms. The highest BCUT2D eigenvalue weighted by Crippen LogP contribution is 2.37. The van der Waals surface area contributed by atoms with Crippen molar-refractivity contribution in [3.8, 4) is 5.75 Å². The standard InChI is InChI=1S/C19H27BF3NO3/c1-17(2)18(3,4)27-20(26-17)16-7-6-15(25-5)10-13(16)11-24-9-8-14(12-24)19(21,22)23/h6-7,10,14H,8-9,11-12H2,1-5H3. The summed E-state index contributed by atoms with van der Waals surface area (Å²) in [6, 6.07) is 5.57. The minimum absolute atomic E-state index is 0.0174. The Bertz CT molecular complexity index is 677. The molecule has 0 aromatic heterocycles. The number of hydrogen-bond acceptors (Lipinski definition) is 4. The Balaban J connectivity index is 1.83. The van der Waals surface area contributed by atoms with E-state index in [1.165, 1.54) is 0 Å². The van der Waals surface area contributed by atoms with Gasteiger partial charge in [0, 0.05) is 13.1 Å². The fourth-order valence-corrected chi connectivity index (χ4v) is 3.53. The van der Waals surface area contributed by atoms with E-state index in [-0.39, 0.29) is 13.0 Å². The Morgan fingerprint density at radius 2 is 1.81 bits per heavy atom. The van der Waals surface area contributed by atoms with Gasteiger partial charge in [0.05, 0.1) is 24.2 Å². The third kappa shape index (κ3) is 4.12. The van der Waals surface area contributed by atoms with Crippen LogP contribution >= 0.6 is 0 Å². The maximum Gasteiger partial charge on any atom is 0.495 e. The first-order valence-electron chi connectivity index (χ1n) is 9.24. The maximum atomic E-state index is 13.0. The summed E-state index contributed by atoms with van der Waals surface area (Å²) in [5.74, 6) is -0.597. The third-order valence-electron chi connectivity index (χ3n) is 5.99. The van der Waals surface area contributed by atoms with E-state index in [0.29, 0.717) is 18.8 Å². The number of nitrogens with zero attached hydrogens (tertiary/aromatic N) is 1. The highest BCUT2D eigenvalue weighted by molar-refractivity contribution is 6.62. The lowest BCUT2D eigenvalue weighted by Gasteiger charge is -2.32. The number of alkyl halides is 3. The van der Waals surface area contributed by atoms with E-state index in [4.69, 9.17) is 14.0 Å². The minimum Gasteiger partial charge on any atom is -0.497 e. The highest BCUT2D eigenvalue weighted by atomic mass is 19.4. The van der Waals surface area contributed by atoms with E-state index < -0.39 is 30.4 Å². The average Bonchev–Trinajstić information content (AvgIpc) is 3.09. The van der Waals surface area contributed by atoms with Gasteiger partial charge in [-0.05, 0) is 63.8 Å². The van der Waals surface area contributed by atoms with Crippen molar-refractivity contribution in [1.82, 2.24) is 4.90 Å². The van der Waals surface area contributed by atoms with Crippen molar-refractivity contribution in [2.75, 3.05) is 20.2 Å². The average molecular weight is 385 g/mol. The van der Waals surface area contributed by atoms with Crippen LogP contribution in [0.25, 0.3) is 0 Å². The molecule has 8 heteroatoms. The van der Waals surface area contributed by atoms with Gasteiger partial charge in [0.25, 0.3) is 0 Å². The normalized spacial score (nSPS) is 25.2. The van der Waals surface area contributed by atoms with Crippen molar-refractivity contribution in [3.63, 3.8) is 0 Å². The fourth-order valence-electron chi connectivity index (χ4n) is 3.53. The second-order valence-electron chi connectivity index (χ2n) is 8.42. The zero-order chi connectivity index (χ0) is 20.0. The van der Waals surface area contributed by atoms with E-state index in [2.05, 4.69) is 0 Å². The summed E-state index contributed by atoms with van der Waals surface area (Å²) < 4.78 is 56.6. The van der Waals surface area contributed by atoms with Crippen LogP contribution in [-0.4, -0.2) is 49.6 Å². The van der Waals surface area contributed by atoms with Gasteiger partial charge in [-0.25, -0.2) is 0 Å². The molecular weight excluding hydrogens is 358 g/mol. The zero-order valence-electron chi connectivity index (χ0n) is 16.5. The van der Waals surface area contributed by atoms with Gasteiger partial charge in [-0.2, -0.15) is 13.2 Å². The molecule has 0 radical (unpaired) electrons. The molecule has 0 amide bonds. The number of benzene rings is 1. The quantitative estimate of drug-likeness (QED) is 0.744. The zero-order valence-corrected chi connectivity index (χ0v) is 16.5. The number of hydrogen-bond donors (Lipinski definition) is 0. The van der Waals surface area contributed by atoms with Crippen LogP contribution in [0.4, 0.5) is 13.2 Å². The van der Waals surface area contributed by atoms with E-state index >= 15 is 0 Å². The third-order valence-corrected chi connectivity index (χ3v) is 5.99. The van der Waals surface area contributed by atoms with Gasteiger partial charge in [-0.1, -0.05) is 6.07 Å². The number of halogens is 3. The SMILES string of the molecule is COc1ccc(B2OC(C)(C)C(C)(C)O2)c(CN2CCC(C(F)(F)F)C2)c1. The highest BCUT2D eigenvalue weighted by Gasteiger charge is 2.52. The molecule has 3 rings (SSSR count). The molecule has 2 aliphatic rings. The van der Waals surface area contributed by atoms with Gasteiger partial charge >= 0.3 is 13.3 Å². The van der Waals surface area contributed by atoms with Crippen LogP contribution in [0.15, 0.2) is 18.2 Å². The van der Waals surface area contributed by atoms with Gasteiger partial charge in [0.1, 0.15) is 5.75 Å². The molecule has 27 heavy (non-hydrogen) atoms. The largest absolute Gasteiger partial charge is 0.497 e. The van der Waals surface area contributed by atoms with Crippen LogP contribution in [0.3, 0.4) is 0 Å². The molecular formula is C19H27BF3NO3. The molecule has 150 valence electrons. The number of methoxy groups -OCH3 is 1. The minimum atomic E-state index is -4.14. The van der Waals surface area contributed by atoms with Crippen LogP contribution in [0.1, 0.15) is 39.7 Å². The summed E-state index contributed by atoms with van der Waals surface area (Å²) in [5.41, 5.74) is 0.744. The maximum absolute atomic E-state index is 13.0. The second-order valence-corrected chi connectivity index (χ2v) is 8.42. The Labute approximate surface area is 159 Å². The number of rotatable bonds is 4. The van der Waals surface area contributed by atoms with Crippen LogP contribution < -0.4 is 10.2 Å². The topological polar surface area (TPSA) is 30.9 Å². The van der Waals surface area contributed by atoms with Gasteiger partial charge < -0.3 is 14.0 Å². The summed E-state index contributed by atoms with van der Waals surface area (Å²) in [6.07, 6.45) is -4.00. The summed E-state index contributed by atoms with van der Waals surface area (Å²) in [6.45, 7) is 8.75. The lowest BCUT2D eigenvalue weighted by Crippen LogP contribution is -2.41. The summed E-state index contributed by atoms with van der Waals surface area (Å²) in [4.78, 5) is 1.83.